The number of rotatable bonds is 4. The summed E-state index contributed by atoms with van der Waals surface area (Å²) in [6, 6.07) is 5.47. The highest BCUT2D eigenvalue weighted by Crippen LogP contribution is 2.32. The number of amides is 2. The molecule has 0 saturated carbocycles. The third kappa shape index (κ3) is 2.54. The van der Waals surface area contributed by atoms with E-state index in [2.05, 4.69) is 4.99 Å². The first-order valence-electron chi connectivity index (χ1n) is 7.49. The molecule has 0 fully saturated rings. The van der Waals surface area contributed by atoms with E-state index in [1.54, 1.807) is 11.0 Å². The number of ether oxygens (including phenoxy) is 1. The van der Waals surface area contributed by atoms with Crippen molar-refractivity contribution in [3.05, 3.63) is 35.4 Å². The van der Waals surface area contributed by atoms with Crippen molar-refractivity contribution in [1.82, 2.24) is 4.90 Å². The van der Waals surface area contributed by atoms with Gasteiger partial charge in [-0.1, -0.05) is 6.07 Å². The monoisotopic (exact) mass is 298 g/mol. The fourth-order valence-electron chi connectivity index (χ4n) is 2.78. The van der Waals surface area contributed by atoms with E-state index in [1.165, 1.54) is 0 Å². The second-order valence-electron chi connectivity index (χ2n) is 5.31. The van der Waals surface area contributed by atoms with Gasteiger partial charge >= 0.3 is 6.03 Å². The molecule has 1 aliphatic heterocycles. The Morgan fingerprint density at radius 2 is 2.14 bits per heavy atom. The average molecular weight is 298 g/mol. The zero-order chi connectivity index (χ0) is 15.7. The van der Waals surface area contributed by atoms with E-state index in [4.69, 9.17) is 4.74 Å². The van der Waals surface area contributed by atoms with E-state index < -0.39 is 0 Å². The van der Waals surface area contributed by atoms with Crippen molar-refractivity contribution >= 4 is 23.1 Å². The van der Waals surface area contributed by atoms with Crippen LogP contribution in [0.2, 0.25) is 0 Å². The molecule has 0 N–H and O–H groups in total. The minimum atomic E-state index is -0.233. The van der Waals surface area contributed by atoms with Crippen molar-refractivity contribution in [1.29, 1.82) is 0 Å². The number of nitrogens with zero attached hydrogens (tertiary/aromatic N) is 2. The van der Waals surface area contributed by atoms with Crippen LogP contribution in [0, 0.1) is 0 Å². The summed E-state index contributed by atoms with van der Waals surface area (Å²) in [7, 11) is 0. The Morgan fingerprint density at radius 1 is 1.32 bits per heavy atom. The summed E-state index contributed by atoms with van der Waals surface area (Å²) in [5.74, 6) is 0.815. The first kappa shape index (κ1) is 14.5. The van der Waals surface area contributed by atoms with Gasteiger partial charge in [0, 0.05) is 18.5 Å². The smallest absolute Gasteiger partial charge is 0.344 e. The van der Waals surface area contributed by atoms with Crippen LogP contribution < -0.4 is 4.74 Å². The van der Waals surface area contributed by atoms with Crippen LogP contribution in [0.1, 0.15) is 25.0 Å². The van der Waals surface area contributed by atoms with Gasteiger partial charge in [-0.25, -0.2) is 4.79 Å². The molecule has 1 aliphatic carbocycles. The topological polar surface area (TPSA) is 59.0 Å². The molecule has 0 radical (unpaired) electrons. The number of hydrogen-bond donors (Lipinski definition) is 0. The number of hydrogen-bond acceptors (Lipinski definition) is 3. The van der Waals surface area contributed by atoms with Crippen molar-refractivity contribution < 1.29 is 14.3 Å². The highest BCUT2D eigenvalue weighted by atomic mass is 16.5. The number of fused-ring (bicyclic) bond motifs is 1. The third-order valence-electron chi connectivity index (χ3n) is 3.89. The lowest BCUT2D eigenvalue weighted by atomic mass is 10.1. The predicted molar refractivity (Wildman–Crippen MR) is 84.4 cm³/mol. The summed E-state index contributed by atoms with van der Waals surface area (Å²) < 4.78 is 5.51. The Hall–Kier alpha value is -2.43. The molecule has 0 unspecified atom stereocenters. The molecule has 3 rings (SSSR count). The number of allylic oxidation sites excluding steroid dienone is 1. The number of urea groups is 1. The van der Waals surface area contributed by atoms with Gasteiger partial charge in [-0.2, -0.15) is 4.99 Å². The van der Waals surface area contributed by atoms with Crippen molar-refractivity contribution in [2.45, 2.75) is 20.3 Å². The van der Waals surface area contributed by atoms with E-state index in [9.17, 15) is 9.59 Å². The summed E-state index contributed by atoms with van der Waals surface area (Å²) in [6.07, 6.45) is 2.14. The van der Waals surface area contributed by atoms with Crippen LogP contribution in [0.3, 0.4) is 0 Å². The van der Waals surface area contributed by atoms with E-state index in [0.29, 0.717) is 37.4 Å². The molecule has 22 heavy (non-hydrogen) atoms. The normalized spacial score (nSPS) is 18.9. The lowest BCUT2D eigenvalue weighted by molar-refractivity contribution is -0.112. The SMILES string of the molecule is CCOc1ccc2c(c1)/C(=C/C1=NC(=O)N(CC)C1)C(=O)C2. The van der Waals surface area contributed by atoms with Gasteiger partial charge in [0.1, 0.15) is 5.75 Å². The number of carbonyl (C=O) groups is 2. The fourth-order valence-corrected chi connectivity index (χ4v) is 2.78. The molecule has 2 amide bonds. The first-order chi connectivity index (χ1) is 10.6. The second kappa shape index (κ2) is 5.75. The van der Waals surface area contributed by atoms with E-state index >= 15 is 0 Å². The van der Waals surface area contributed by atoms with Crippen LogP contribution in [0.5, 0.6) is 5.75 Å². The van der Waals surface area contributed by atoms with E-state index in [1.807, 2.05) is 32.0 Å². The lowest BCUT2D eigenvalue weighted by Crippen LogP contribution is -2.25. The minimum Gasteiger partial charge on any atom is -0.494 e. The van der Waals surface area contributed by atoms with Crippen LogP contribution in [0.15, 0.2) is 29.3 Å². The second-order valence-corrected chi connectivity index (χ2v) is 5.31. The molecule has 0 atom stereocenters. The van der Waals surface area contributed by atoms with Crippen molar-refractivity contribution in [2.75, 3.05) is 19.7 Å². The number of Topliss-reactive ketones (excluding diaryl/α,β-unsaturated/α-hetero) is 1. The van der Waals surface area contributed by atoms with Crippen molar-refractivity contribution in [3.8, 4) is 5.75 Å². The summed E-state index contributed by atoms with van der Waals surface area (Å²) in [6.45, 7) is 5.50. The van der Waals surface area contributed by atoms with Crippen LogP contribution in [-0.2, 0) is 11.2 Å². The molecule has 0 spiro atoms. The highest BCUT2D eigenvalue weighted by Gasteiger charge is 2.27. The van der Waals surface area contributed by atoms with Gasteiger partial charge in [0.05, 0.1) is 18.9 Å². The van der Waals surface area contributed by atoms with Crippen LogP contribution in [0.4, 0.5) is 4.79 Å². The Bertz CT molecular complexity index is 704. The Labute approximate surface area is 129 Å². The van der Waals surface area contributed by atoms with Crippen molar-refractivity contribution in [2.24, 2.45) is 4.99 Å². The highest BCUT2D eigenvalue weighted by molar-refractivity contribution is 6.30. The van der Waals surface area contributed by atoms with Crippen LogP contribution >= 0.6 is 0 Å². The molecule has 0 aromatic heterocycles. The molecule has 114 valence electrons. The molecule has 1 heterocycles. The van der Waals surface area contributed by atoms with Gasteiger partial charge < -0.3 is 9.64 Å². The zero-order valence-electron chi connectivity index (χ0n) is 12.8. The number of carbonyl (C=O) groups excluding carboxylic acids is 2. The summed E-state index contributed by atoms with van der Waals surface area (Å²) in [4.78, 5) is 29.6. The molecule has 5 heteroatoms. The predicted octanol–water partition coefficient (Wildman–Crippen LogP) is 2.49. The van der Waals surface area contributed by atoms with Gasteiger partial charge in [0.15, 0.2) is 5.78 Å². The Morgan fingerprint density at radius 3 is 2.82 bits per heavy atom. The van der Waals surface area contributed by atoms with Gasteiger partial charge in [0.25, 0.3) is 0 Å². The van der Waals surface area contributed by atoms with E-state index in [-0.39, 0.29) is 11.8 Å². The van der Waals surface area contributed by atoms with Crippen LogP contribution in [-0.4, -0.2) is 42.1 Å². The van der Waals surface area contributed by atoms with Gasteiger partial charge in [0.2, 0.25) is 0 Å². The average Bonchev–Trinajstić information content (AvgIpc) is 3.00. The van der Waals surface area contributed by atoms with Gasteiger partial charge in [-0.15, -0.1) is 0 Å². The standard InChI is InChI=1S/C17H18N2O3/c1-3-19-10-12(18-17(19)21)8-15-14-9-13(22-4-2)6-5-11(14)7-16(15)20/h5-6,8-9H,3-4,7,10H2,1-2H3/b15-8-. The quantitative estimate of drug-likeness (QED) is 0.802. The molecule has 0 bridgehead atoms. The molecular formula is C17H18N2O3. The third-order valence-corrected chi connectivity index (χ3v) is 3.89. The summed E-state index contributed by atoms with van der Waals surface area (Å²) >= 11 is 0. The maximum atomic E-state index is 12.3. The summed E-state index contributed by atoms with van der Waals surface area (Å²) in [5, 5.41) is 0. The lowest BCUT2D eigenvalue weighted by Gasteiger charge is -2.09. The van der Waals surface area contributed by atoms with Gasteiger partial charge in [-0.05, 0) is 43.2 Å². The molecule has 5 nitrogen and oxygen atoms in total. The van der Waals surface area contributed by atoms with Gasteiger partial charge in [-0.3, -0.25) is 4.79 Å². The van der Waals surface area contributed by atoms with Crippen molar-refractivity contribution in [3.63, 3.8) is 0 Å². The number of ketones is 1. The fraction of sp³-hybridized carbons (Fsp3) is 0.353. The minimum absolute atomic E-state index is 0.0637. The number of benzene rings is 1. The molecule has 1 aromatic carbocycles. The molecular weight excluding hydrogens is 280 g/mol. The van der Waals surface area contributed by atoms with Crippen LogP contribution in [0.25, 0.3) is 5.57 Å². The molecule has 0 saturated heterocycles. The summed E-state index contributed by atoms with van der Waals surface area (Å²) in [5.41, 5.74) is 3.16. The Balaban J connectivity index is 1.94. The first-order valence-corrected chi connectivity index (χ1v) is 7.49. The zero-order valence-corrected chi connectivity index (χ0v) is 12.8. The molecule has 2 aliphatic rings. The maximum absolute atomic E-state index is 12.3. The maximum Gasteiger partial charge on any atom is 0.344 e. The van der Waals surface area contributed by atoms with E-state index in [0.717, 1.165) is 16.9 Å². The molecule has 1 aromatic rings. The largest absolute Gasteiger partial charge is 0.494 e. The number of aliphatic imine (C=N–C) groups is 1. The Kier molecular flexibility index (Phi) is 3.79.